The van der Waals surface area contributed by atoms with Crippen LogP contribution < -0.4 is 16.1 Å². The summed E-state index contributed by atoms with van der Waals surface area (Å²) in [6.45, 7) is 5.20. The first kappa shape index (κ1) is 28.0. The van der Waals surface area contributed by atoms with E-state index >= 15 is 0 Å². The lowest BCUT2D eigenvalue weighted by Crippen LogP contribution is -2.55. The number of nitrogens with zero attached hydrogens (tertiary/aromatic N) is 1. The van der Waals surface area contributed by atoms with E-state index in [0.29, 0.717) is 31.8 Å². The quantitative estimate of drug-likeness (QED) is 0.263. The zero-order valence-electron chi connectivity index (χ0n) is 20.6. The van der Waals surface area contributed by atoms with Gasteiger partial charge in [-0.25, -0.2) is 8.42 Å². The zero-order valence-corrected chi connectivity index (χ0v) is 21.4. The molecule has 36 heavy (non-hydrogen) atoms. The highest BCUT2D eigenvalue weighted by Gasteiger charge is 2.33. The molecule has 198 valence electrons. The number of aliphatic hydroxyl groups is 1. The minimum Gasteiger partial charge on any atom is -0.390 e. The summed E-state index contributed by atoms with van der Waals surface area (Å²) in [6.07, 6.45) is -1.55. The Morgan fingerprint density at radius 1 is 1.14 bits per heavy atom. The number of rotatable bonds is 12. The molecule has 1 amide bonds. The molecule has 0 saturated carbocycles. The van der Waals surface area contributed by atoms with Gasteiger partial charge in [0.25, 0.3) is 5.91 Å². The molecule has 2 aromatic rings. The van der Waals surface area contributed by atoms with E-state index in [1.54, 1.807) is 0 Å². The molecule has 0 aromatic heterocycles. The SMILES string of the molecule is CC(C)CN(C[C@@H](O)[C@H](Cc1ccccc1)NC(=O)[C@H]1CNCCO1)S(=O)(=O)c1ccc(NO)cc1. The summed E-state index contributed by atoms with van der Waals surface area (Å²) in [6, 6.07) is 14.4. The molecule has 3 atom stereocenters. The van der Waals surface area contributed by atoms with Crippen LogP contribution in [-0.4, -0.2) is 80.0 Å². The topological polar surface area (TPSA) is 140 Å². The molecule has 1 heterocycles. The van der Waals surface area contributed by atoms with Crippen LogP contribution in [-0.2, 0) is 26.0 Å². The van der Waals surface area contributed by atoms with E-state index in [-0.39, 0.29) is 29.8 Å². The summed E-state index contributed by atoms with van der Waals surface area (Å²) < 4.78 is 33.7. The van der Waals surface area contributed by atoms with Crippen molar-refractivity contribution in [2.24, 2.45) is 5.92 Å². The molecule has 3 rings (SSSR count). The number of ether oxygens (including phenoxy) is 1. The maximum Gasteiger partial charge on any atom is 0.250 e. The van der Waals surface area contributed by atoms with Gasteiger partial charge in [-0.1, -0.05) is 44.2 Å². The average Bonchev–Trinajstić information content (AvgIpc) is 2.88. The summed E-state index contributed by atoms with van der Waals surface area (Å²) in [5.41, 5.74) is 3.23. The summed E-state index contributed by atoms with van der Waals surface area (Å²) in [5.74, 6) is -0.359. The van der Waals surface area contributed by atoms with E-state index < -0.39 is 28.3 Å². The molecule has 1 aliphatic rings. The fraction of sp³-hybridized carbons (Fsp3) is 0.480. The number of amides is 1. The third-order valence-corrected chi connectivity index (χ3v) is 7.74. The van der Waals surface area contributed by atoms with Crippen LogP contribution in [0.4, 0.5) is 5.69 Å². The van der Waals surface area contributed by atoms with Gasteiger partial charge in [0.05, 0.1) is 29.3 Å². The Bertz CT molecular complexity index is 1060. The maximum atomic E-state index is 13.5. The van der Waals surface area contributed by atoms with Crippen molar-refractivity contribution in [3.63, 3.8) is 0 Å². The van der Waals surface area contributed by atoms with Gasteiger partial charge in [-0.05, 0) is 42.2 Å². The van der Waals surface area contributed by atoms with Crippen molar-refractivity contribution in [3.8, 4) is 0 Å². The van der Waals surface area contributed by atoms with Crippen molar-refractivity contribution in [1.29, 1.82) is 0 Å². The van der Waals surface area contributed by atoms with Crippen molar-refractivity contribution < 1.29 is 28.3 Å². The van der Waals surface area contributed by atoms with Crippen molar-refractivity contribution in [2.45, 2.75) is 43.4 Å². The molecule has 0 bridgehead atoms. The lowest BCUT2D eigenvalue weighted by Gasteiger charge is -2.32. The zero-order chi connectivity index (χ0) is 26.1. The van der Waals surface area contributed by atoms with Gasteiger partial charge >= 0.3 is 0 Å². The molecule has 0 aliphatic carbocycles. The second-order valence-electron chi connectivity index (χ2n) is 9.29. The van der Waals surface area contributed by atoms with Crippen molar-refractivity contribution in [3.05, 3.63) is 60.2 Å². The summed E-state index contributed by atoms with van der Waals surface area (Å²) in [5, 5.41) is 26.3. The smallest absolute Gasteiger partial charge is 0.250 e. The molecule has 2 aromatic carbocycles. The predicted octanol–water partition coefficient (Wildman–Crippen LogP) is 1.21. The number of morpholine rings is 1. The molecular formula is C25H36N4O6S. The van der Waals surface area contributed by atoms with Gasteiger partial charge in [-0.2, -0.15) is 4.31 Å². The van der Waals surface area contributed by atoms with Gasteiger partial charge in [0.15, 0.2) is 0 Å². The van der Waals surface area contributed by atoms with E-state index in [1.807, 2.05) is 49.7 Å². The lowest BCUT2D eigenvalue weighted by atomic mass is 10.0. The van der Waals surface area contributed by atoms with Gasteiger partial charge in [0.2, 0.25) is 10.0 Å². The number of aliphatic hydroxyl groups excluding tert-OH is 1. The Balaban J connectivity index is 1.83. The summed E-state index contributed by atoms with van der Waals surface area (Å²) >= 11 is 0. The van der Waals surface area contributed by atoms with Crippen LogP contribution in [0.2, 0.25) is 0 Å². The van der Waals surface area contributed by atoms with Crippen LogP contribution in [0.5, 0.6) is 0 Å². The molecule has 0 spiro atoms. The Morgan fingerprint density at radius 3 is 2.42 bits per heavy atom. The number of hydrogen-bond acceptors (Lipinski definition) is 8. The molecular weight excluding hydrogens is 484 g/mol. The van der Waals surface area contributed by atoms with Crippen molar-refractivity contribution in [2.75, 3.05) is 38.3 Å². The number of carbonyl (C=O) groups excluding carboxylic acids is 1. The molecule has 1 fully saturated rings. The van der Waals surface area contributed by atoms with Crippen LogP contribution in [0, 0.1) is 5.92 Å². The molecule has 1 saturated heterocycles. The molecule has 10 nitrogen and oxygen atoms in total. The molecule has 1 aliphatic heterocycles. The second kappa shape index (κ2) is 13.1. The Labute approximate surface area is 212 Å². The predicted molar refractivity (Wildman–Crippen MR) is 136 cm³/mol. The minimum atomic E-state index is -3.95. The van der Waals surface area contributed by atoms with Crippen molar-refractivity contribution >= 4 is 21.6 Å². The van der Waals surface area contributed by atoms with Crippen LogP contribution in [0.25, 0.3) is 0 Å². The second-order valence-corrected chi connectivity index (χ2v) is 11.2. The van der Waals surface area contributed by atoms with Gasteiger partial charge < -0.3 is 20.5 Å². The number of carbonyl (C=O) groups is 1. The van der Waals surface area contributed by atoms with Crippen LogP contribution in [0.15, 0.2) is 59.5 Å². The third-order valence-electron chi connectivity index (χ3n) is 5.89. The Morgan fingerprint density at radius 2 is 1.83 bits per heavy atom. The van der Waals surface area contributed by atoms with E-state index in [9.17, 15) is 18.3 Å². The van der Waals surface area contributed by atoms with E-state index in [4.69, 9.17) is 9.94 Å². The Hall–Kier alpha value is -2.54. The van der Waals surface area contributed by atoms with Crippen molar-refractivity contribution in [1.82, 2.24) is 14.9 Å². The van der Waals surface area contributed by atoms with Crippen LogP contribution >= 0.6 is 0 Å². The third kappa shape index (κ3) is 7.73. The highest BCUT2D eigenvalue weighted by molar-refractivity contribution is 7.89. The molecule has 0 unspecified atom stereocenters. The maximum absolute atomic E-state index is 13.5. The van der Waals surface area contributed by atoms with E-state index in [1.165, 1.54) is 28.6 Å². The van der Waals surface area contributed by atoms with Crippen LogP contribution in [0.1, 0.15) is 19.4 Å². The summed E-state index contributed by atoms with van der Waals surface area (Å²) in [4.78, 5) is 12.9. The fourth-order valence-corrected chi connectivity index (χ4v) is 5.65. The van der Waals surface area contributed by atoms with Gasteiger partial charge in [-0.15, -0.1) is 0 Å². The molecule has 5 N–H and O–H groups in total. The monoisotopic (exact) mass is 520 g/mol. The first-order chi connectivity index (χ1) is 17.2. The standard InChI is InChI=1S/C25H36N4O6S/c1-18(2)16-29(36(33,34)21-10-8-20(28-32)9-11-21)17-23(30)22(14-19-6-4-3-5-7-19)27-25(31)24-15-26-12-13-35-24/h3-11,18,22-24,26,28,30,32H,12-17H2,1-2H3,(H,27,31)/t22-,23+,24+/m0/s1. The number of nitrogens with one attached hydrogen (secondary N) is 3. The normalized spacial score (nSPS) is 18.1. The molecule has 0 radical (unpaired) electrons. The van der Waals surface area contributed by atoms with E-state index in [2.05, 4.69) is 10.6 Å². The number of anilines is 1. The average molecular weight is 521 g/mol. The highest BCUT2D eigenvalue weighted by atomic mass is 32.2. The minimum absolute atomic E-state index is 0.00534. The fourth-order valence-electron chi connectivity index (χ4n) is 4.03. The largest absolute Gasteiger partial charge is 0.390 e. The number of benzene rings is 2. The summed E-state index contributed by atoms with van der Waals surface area (Å²) in [7, 11) is -3.95. The molecule has 11 heteroatoms. The first-order valence-electron chi connectivity index (χ1n) is 12.1. The van der Waals surface area contributed by atoms with Gasteiger partial charge in [0.1, 0.15) is 6.10 Å². The van der Waals surface area contributed by atoms with Gasteiger partial charge in [-0.3, -0.25) is 15.5 Å². The van der Waals surface area contributed by atoms with Crippen LogP contribution in [0.3, 0.4) is 0 Å². The number of hydrogen-bond donors (Lipinski definition) is 5. The number of sulfonamides is 1. The lowest BCUT2D eigenvalue weighted by molar-refractivity contribution is -0.135. The first-order valence-corrected chi connectivity index (χ1v) is 13.5. The van der Waals surface area contributed by atoms with E-state index in [0.717, 1.165) is 5.56 Å². The highest BCUT2D eigenvalue weighted by Crippen LogP contribution is 2.21. The van der Waals surface area contributed by atoms with Gasteiger partial charge in [0, 0.05) is 26.2 Å². The Kier molecular flexibility index (Phi) is 10.2.